The Balaban J connectivity index is 3.12. The van der Waals surface area contributed by atoms with Gasteiger partial charge < -0.3 is 4.74 Å². The van der Waals surface area contributed by atoms with Crippen molar-refractivity contribution in [1.29, 1.82) is 0 Å². The van der Waals surface area contributed by atoms with Crippen LogP contribution in [-0.2, 0) is 16.0 Å². The van der Waals surface area contributed by atoms with Crippen LogP contribution in [0.25, 0.3) is 0 Å². The summed E-state index contributed by atoms with van der Waals surface area (Å²) in [5, 5.41) is 11.3. The predicted octanol–water partition coefficient (Wildman–Crippen LogP) is 2.66. The quantitative estimate of drug-likeness (QED) is 0.472. The van der Waals surface area contributed by atoms with E-state index in [2.05, 4.69) is 0 Å². The van der Waals surface area contributed by atoms with Crippen LogP contribution in [0.4, 0.5) is 5.69 Å². The summed E-state index contributed by atoms with van der Waals surface area (Å²) < 4.78 is 4.76. The summed E-state index contributed by atoms with van der Waals surface area (Å²) in [6.07, 6.45) is -0.147. The summed E-state index contributed by atoms with van der Waals surface area (Å²) in [6, 6.07) is 2.91. The van der Waals surface area contributed by atoms with Crippen LogP contribution in [-0.4, -0.2) is 17.5 Å². The van der Waals surface area contributed by atoms with E-state index in [-0.39, 0.29) is 24.3 Å². The maximum absolute atomic E-state index is 11.3. The lowest BCUT2D eigenvalue weighted by Gasteiger charge is -2.06. The Morgan fingerprint density at radius 3 is 2.71 bits per heavy atom. The molecule has 0 aliphatic carbocycles. The molecule has 0 unspecified atom stereocenters. The zero-order chi connectivity index (χ0) is 13.0. The number of ether oxygens (including phenoxy) is 1. The van der Waals surface area contributed by atoms with E-state index in [1.165, 1.54) is 12.1 Å². The summed E-state index contributed by atoms with van der Waals surface area (Å²) in [4.78, 5) is 21.7. The van der Waals surface area contributed by atoms with Crippen molar-refractivity contribution in [3.63, 3.8) is 0 Å². The van der Waals surface area contributed by atoms with Gasteiger partial charge in [-0.2, -0.15) is 0 Å². The van der Waals surface area contributed by atoms with Crippen molar-refractivity contribution < 1.29 is 14.5 Å². The van der Waals surface area contributed by atoms with Crippen molar-refractivity contribution in [2.45, 2.75) is 20.3 Å². The summed E-state index contributed by atoms with van der Waals surface area (Å²) in [5.41, 5.74) is 0.628. The van der Waals surface area contributed by atoms with Gasteiger partial charge in [0, 0.05) is 16.1 Å². The Bertz CT molecular complexity index is 459. The Hall–Kier alpha value is -1.62. The molecule has 0 aliphatic rings. The van der Waals surface area contributed by atoms with Gasteiger partial charge in [-0.1, -0.05) is 11.6 Å². The number of carbonyl (C=O) groups excluding carboxylic acids is 1. The van der Waals surface area contributed by atoms with Gasteiger partial charge in [0.25, 0.3) is 5.69 Å². The Kier molecular flexibility index (Phi) is 4.45. The number of halogens is 1. The number of nitro groups is 1. The van der Waals surface area contributed by atoms with E-state index in [9.17, 15) is 14.9 Å². The molecule has 0 aromatic heterocycles. The molecule has 0 bridgehead atoms. The minimum Gasteiger partial charge on any atom is -0.466 e. The molecule has 1 aromatic rings. The average molecular weight is 258 g/mol. The van der Waals surface area contributed by atoms with E-state index >= 15 is 0 Å². The molecule has 6 heteroatoms. The zero-order valence-corrected chi connectivity index (χ0v) is 10.3. The fourth-order valence-electron chi connectivity index (χ4n) is 1.57. The van der Waals surface area contributed by atoms with Crippen LogP contribution in [0.3, 0.4) is 0 Å². The topological polar surface area (TPSA) is 69.4 Å². The van der Waals surface area contributed by atoms with E-state index in [0.717, 1.165) is 0 Å². The normalized spacial score (nSPS) is 10.1. The highest BCUT2D eigenvalue weighted by Crippen LogP contribution is 2.28. The Morgan fingerprint density at radius 1 is 1.53 bits per heavy atom. The number of hydrogen-bond donors (Lipinski definition) is 0. The molecule has 5 nitrogen and oxygen atoms in total. The largest absolute Gasteiger partial charge is 0.466 e. The molecule has 0 aliphatic heterocycles. The molecular weight excluding hydrogens is 246 g/mol. The van der Waals surface area contributed by atoms with E-state index in [1.807, 2.05) is 0 Å². The highest BCUT2D eigenvalue weighted by Gasteiger charge is 2.20. The Labute approximate surface area is 103 Å². The summed E-state index contributed by atoms with van der Waals surface area (Å²) in [7, 11) is 0. The number of benzene rings is 1. The molecule has 0 atom stereocenters. The third kappa shape index (κ3) is 3.42. The smallest absolute Gasteiger partial charge is 0.310 e. The lowest BCUT2D eigenvalue weighted by molar-refractivity contribution is -0.386. The van der Waals surface area contributed by atoms with Crippen molar-refractivity contribution in [3.8, 4) is 0 Å². The fourth-order valence-corrected chi connectivity index (χ4v) is 1.86. The summed E-state index contributed by atoms with van der Waals surface area (Å²) in [5.74, 6) is -0.503. The lowest BCUT2D eigenvalue weighted by atomic mass is 10.1. The van der Waals surface area contributed by atoms with Crippen molar-refractivity contribution in [2.24, 2.45) is 0 Å². The monoisotopic (exact) mass is 257 g/mol. The van der Waals surface area contributed by atoms with Crippen molar-refractivity contribution >= 4 is 23.3 Å². The van der Waals surface area contributed by atoms with Gasteiger partial charge in [-0.05, 0) is 26.0 Å². The maximum atomic E-state index is 11.3. The molecule has 17 heavy (non-hydrogen) atoms. The third-order valence-electron chi connectivity index (χ3n) is 2.17. The molecule has 0 heterocycles. The van der Waals surface area contributed by atoms with Crippen LogP contribution >= 0.6 is 11.6 Å². The van der Waals surface area contributed by atoms with Crippen molar-refractivity contribution in [3.05, 3.63) is 38.4 Å². The van der Waals surface area contributed by atoms with Gasteiger partial charge in [-0.25, -0.2) is 0 Å². The first-order valence-corrected chi connectivity index (χ1v) is 5.42. The van der Waals surface area contributed by atoms with E-state index in [1.54, 1.807) is 13.8 Å². The summed E-state index contributed by atoms with van der Waals surface area (Å²) >= 11 is 5.81. The molecule has 0 saturated heterocycles. The number of carbonyl (C=O) groups is 1. The molecule has 0 saturated carbocycles. The molecule has 0 spiro atoms. The van der Waals surface area contributed by atoms with Crippen molar-refractivity contribution in [1.82, 2.24) is 0 Å². The van der Waals surface area contributed by atoms with E-state index in [4.69, 9.17) is 16.3 Å². The minimum absolute atomic E-state index is 0.0811. The minimum atomic E-state index is -0.514. The first kappa shape index (κ1) is 13.4. The number of nitro benzene ring substituents is 1. The van der Waals surface area contributed by atoms with Crippen molar-refractivity contribution in [2.75, 3.05) is 6.61 Å². The molecule has 1 rings (SSSR count). The Morgan fingerprint density at radius 2 is 2.18 bits per heavy atom. The highest BCUT2D eigenvalue weighted by molar-refractivity contribution is 6.30. The number of esters is 1. The maximum Gasteiger partial charge on any atom is 0.310 e. The molecule has 1 aromatic carbocycles. The number of hydrogen-bond acceptors (Lipinski definition) is 4. The number of nitrogens with zero attached hydrogens (tertiary/aromatic N) is 1. The number of rotatable bonds is 4. The SMILES string of the molecule is CCOC(=O)Cc1cc(Cl)cc(C)c1[N+](=O)[O-]. The second kappa shape index (κ2) is 5.63. The molecule has 0 amide bonds. The van der Waals surface area contributed by atoms with Gasteiger partial charge >= 0.3 is 5.97 Å². The first-order chi connectivity index (χ1) is 7.95. The highest BCUT2D eigenvalue weighted by atomic mass is 35.5. The van der Waals surface area contributed by atoms with Gasteiger partial charge in [0.05, 0.1) is 18.0 Å². The van der Waals surface area contributed by atoms with E-state index in [0.29, 0.717) is 10.6 Å². The standard InChI is InChI=1S/C11H12ClNO4/c1-3-17-10(14)6-8-5-9(12)4-7(2)11(8)13(15)16/h4-5H,3,6H2,1-2H3. The molecule has 92 valence electrons. The average Bonchev–Trinajstić information content (AvgIpc) is 2.15. The fraction of sp³-hybridized carbons (Fsp3) is 0.364. The molecule has 0 radical (unpaired) electrons. The third-order valence-corrected chi connectivity index (χ3v) is 2.39. The summed E-state index contributed by atoms with van der Waals surface area (Å²) in [6.45, 7) is 3.50. The van der Waals surface area contributed by atoms with Gasteiger partial charge in [0.1, 0.15) is 0 Å². The van der Waals surface area contributed by atoms with Gasteiger partial charge in [-0.15, -0.1) is 0 Å². The van der Waals surface area contributed by atoms with Crippen LogP contribution in [0, 0.1) is 17.0 Å². The first-order valence-electron chi connectivity index (χ1n) is 5.04. The van der Waals surface area contributed by atoms with Gasteiger partial charge in [0.15, 0.2) is 0 Å². The van der Waals surface area contributed by atoms with Crippen LogP contribution in [0.5, 0.6) is 0 Å². The van der Waals surface area contributed by atoms with E-state index < -0.39 is 10.9 Å². The van der Waals surface area contributed by atoms with Crippen LogP contribution in [0.15, 0.2) is 12.1 Å². The molecule has 0 fully saturated rings. The predicted molar refractivity (Wildman–Crippen MR) is 63.2 cm³/mol. The van der Waals surface area contributed by atoms with Gasteiger partial charge in [0.2, 0.25) is 0 Å². The van der Waals surface area contributed by atoms with Crippen LogP contribution < -0.4 is 0 Å². The molecular formula is C11H12ClNO4. The lowest BCUT2D eigenvalue weighted by Crippen LogP contribution is -2.09. The van der Waals surface area contributed by atoms with Crippen LogP contribution in [0.2, 0.25) is 5.02 Å². The molecule has 0 N–H and O–H groups in total. The second-order valence-electron chi connectivity index (χ2n) is 3.47. The van der Waals surface area contributed by atoms with Gasteiger partial charge in [-0.3, -0.25) is 14.9 Å². The number of aryl methyl sites for hydroxylation is 1. The second-order valence-corrected chi connectivity index (χ2v) is 3.91. The zero-order valence-electron chi connectivity index (χ0n) is 9.53. The van der Waals surface area contributed by atoms with Crippen LogP contribution in [0.1, 0.15) is 18.1 Å².